The second-order valence-electron chi connectivity index (χ2n) is 5.87. The molecule has 0 atom stereocenters. The number of hydrogen-bond donors (Lipinski definition) is 2. The van der Waals surface area contributed by atoms with Crippen LogP contribution in [0.2, 0.25) is 0 Å². The van der Waals surface area contributed by atoms with Crippen LogP contribution in [0.25, 0.3) is 10.9 Å². The lowest BCUT2D eigenvalue weighted by molar-refractivity contribution is 0.0951. The van der Waals surface area contributed by atoms with Crippen molar-refractivity contribution in [2.45, 2.75) is 32.2 Å². The Bertz CT molecular complexity index is 845. The van der Waals surface area contributed by atoms with Crippen LogP contribution >= 0.6 is 11.3 Å². The number of hydrogen-bond acceptors (Lipinski definition) is 3. The third-order valence-electron chi connectivity index (χ3n) is 4.21. The Kier molecular flexibility index (Phi) is 3.22. The van der Waals surface area contributed by atoms with Gasteiger partial charge in [-0.15, -0.1) is 11.3 Å². The first-order valence-electron chi connectivity index (χ1n) is 7.50. The van der Waals surface area contributed by atoms with Crippen LogP contribution in [0.1, 0.15) is 45.1 Å². The van der Waals surface area contributed by atoms with Crippen LogP contribution in [-0.2, 0) is 6.54 Å². The normalized spacial score (nSPS) is 14.4. The van der Waals surface area contributed by atoms with Crippen LogP contribution < -0.4 is 5.32 Å². The molecule has 2 N–H and O–H groups in total. The topological polar surface area (TPSA) is 57.8 Å². The first-order valence-corrected chi connectivity index (χ1v) is 8.38. The molecule has 1 saturated carbocycles. The SMILES string of the molecule is Cc1cc(C(=O)NCc2c(C3CC3)ccc3[nH]ncc23)cs1. The zero-order chi connectivity index (χ0) is 15.1. The van der Waals surface area contributed by atoms with Gasteiger partial charge in [0.05, 0.1) is 17.3 Å². The van der Waals surface area contributed by atoms with Crippen LogP contribution in [0.4, 0.5) is 0 Å². The summed E-state index contributed by atoms with van der Waals surface area (Å²) in [6.07, 6.45) is 4.35. The van der Waals surface area contributed by atoms with Gasteiger partial charge in [0.2, 0.25) is 0 Å². The Morgan fingerprint density at radius 3 is 3.05 bits per heavy atom. The monoisotopic (exact) mass is 311 g/mol. The number of nitrogens with one attached hydrogen (secondary N) is 2. The molecule has 2 heterocycles. The van der Waals surface area contributed by atoms with Crippen LogP contribution in [-0.4, -0.2) is 16.1 Å². The van der Waals surface area contributed by atoms with E-state index >= 15 is 0 Å². The summed E-state index contributed by atoms with van der Waals surface area (Å²) in [5, 5.41) is 13.2. The molecule has 1 aliphatic rings. The van der Waals surface area contributed by atoms with Gasteiger partial charge in [0.25, 0.3) is 5.91 Å². The highest BCUT2D eigenvalue weighted by Gasteiger charge is 2.27. The van der Waals surface area contributed by atoms with Gasteiger partial charge in [0, 0.05) is 22.2 Å². The molecule has 0 radical (unpaired) electrons. The van der Waals surface area contributed by atoms with Crippen molar-refractivity contribution in [2.75, 3.05) is 0 Å². The fourth-order valence-electron chi connectivity index (χ4n) is 2.90. The minimum atomic E-state index is -0.00778. The average molecular weight is 311 g/mol. The molecule has 0 bridgehead atoms. The third-order valence-corrected chi connectivity index (χ3v) is 5.07. The number of thiophene rings is 1. The summed E-state index contributed by atoms with van der Waals surface area (Å²) < 4.78 is 0. The van der Waals surface area contributed by atoms with E-state index in [4.69, 9.17) is 0 Å². The zero-order valence-corrected chi connectivity index (χ0v) is 13.2. The van der Waals surface area contributed by atoms with Gasteiger partial charge in [-0.05, 0) is 48.9 Å². The Labute approximate surface area is 132 Å². The molecule has 1 aromatic carbocycles. The molecule has 0 saturated heterocycles. The van der Waals surface area contributed by atoms with Crippen molar-refractivity contribution >= 4 is 28.1 Å². The van der Waals surface area contributed by atoms with E-state index in [1.165, 1.54) is 24.0 Å². The highest BCUT2D eigenvalue weighted by molar-refractivity contribution is 7.10. The number of rotatable bonds is 4. The number of fused-ring (bicyclic) bond motifs is 1. The summed E-state index contributed by atoms with van der Waals surface area (Å²) in [6, 6.07) is 6.19. The van der Waals surface area contributed by atoms with Crippen molar-refractivity contribution in [1.29, 1.82) is 0 Å². The molecule has 4 nitrogen and oxygen atoms in total. The van der Waals surface area contributed by atoms with Gasteiger partial charge in [-0.25, -0.2) is 0 Å². The molecule has 2 aromatic heterocycles. The second-order valence-corrected chi connectivity index (χ2v) is 6.98. The highest BCUT2D eigenvalue weighted by Crippen LogP contribution is 2.43. The minimum absolute atomic E-state index is 0.00778. The average Bonchev–Trinajstić information content (AvgIpc) is 3.07. The molecule has 22 heavy (non-hydrogen) atoms. The quantitative estimate of drug-likeness (QED) is 0.771. The number of amides is 1. The number of carbonyl (C=O) groups excluding carboxylic acids is 1. The number of H-pyrrole nitrogens is 1. The number of aromatic amines is 1. The smallest absolute Gasteiger partial charge is 0.252 e. The van der Waals surface area contributed by atoms with Gasteiger partial charge in [-0.2, -0.15) is 5.10 Å². The predicted octanol–water partition coefficient (Wildman–Crippen LogP) is 3.74. The number of benzene rings is 1. The predicted molar refractivity (Wildman–Crippen MR) is 88.3 cm³/mol. The van der Waals surface area contributed by atoms with Gasteiger partial charge >= 0.3 is 0 Å². The molecule has 1 aliphatic carbocycles. The summed E-state index contributed by atoms with van der Waals surface area (Å²) in [4.78, 5) is 13.4. The maximum atomic E-state index is 12.3. The highest BCUT2D eigenvalue weighted by atomic mass is 32.1. The van der Waals surface area contributed by atoms with Crippen LogP contribution in [0.15, 0.2) is 29.8 Å². The molecular formula is C17H17N3OS. The van der Waals surface area contributed by atoms with E-state index in [1.807, 2.05) is 24.6 Å². The summed E-state index contributed by atoms with van der Waals surface area (Å²) in [7, 11) is 0. The van der Waals surface area contributed by atoms with Crippen LogP contribution in [0.5, 0.6) is 0 Å². The summed E-state index contributed by atoms with van der Waals surface area (Å²) in [5.41, 5.74) is 4.33. The van der Waals surface area contributed by atoms with Crippen LogP contribution in [0.3, 0.4) is 0 Å². The van der Waals surface area contributed by atoms with Gasteiger partial charge < -0.3 is 5.32 Å². The van der Waals surface area contributed by atoms with E-state index in [0.29, 0.717) is 12.5 Å². The summed E-state index contributed by atoms with van der Waals surface area (Å²) in [5.74, 6) is 0.640. The number of aryl methyl sites for hydroxylation is 1. The fourth-order valence-corrected chi connectivity index (χ4v) is 3.58. The number of nitrogens with zero attached hydrogens (tertiary/aromatic N) is 1. The lowest BCUT2D eigenvalue weighted by Gasteiger charge is -2.11. The van der Waals surface area contributed by atoms with Crippen molar-refractivity contribution in [1.82, 2.24) is 15.5 Å². The molecule has 1 amide bonds. The molecule has 112 valence electrons. The van der Waals surface area contributed by atoms with Crippen molar-refractivity contribution in [2.24, 2.45) is 0 Å². The summed E-state index contributed by atoms with van der Waals surface area (Å²) >= 11 is 1.60. The van der Waals surface area contributed by atoms with Crippen molar-refractivity contribution in [3.63, 3.8) is 0 Å². The lowest BCUT2D eigenvalue weighted by atomic mass is 9.99. The molecule has 1 fully saturated rings. The third kappa shape index (κ3) is 2.41. The fraction of sp³-hybridized carbons (Fsp3) is 0.294. The Morgan fingerprint density at radius 1 is 1.45 bits per heavy atom. The van der Waals surface area contributed by atoms with Crippen molar-refractivity contribution < 1.29 is 4.79 Å². The largest absolute Gasteiger partial charge is 0.348 e. The van der Waals surface area contributed by atoms with Gasteiger partial charge in [0.1, 0.15) is 0 Å². The van der Waals surface area contributed by atoms with Gasteiger partial charge in [0.15, 0.2) is 0 Å². The maximum absolute atomic E-state index is 12.3. The van der Waals surface area contributed by atoms with Gasteiger partial charge in [-0.3, -0.25) is 9.89 Å². The molecule has 3 aromatic rings. The molecular weight excluding hydrogens is 294 g/mol. The van der Waals surface area contributed by atoms with Crippen molar-refractivity contribution in [3.05, 3.63) is 51.3 Å². The Balaban J connectivity index is 1.61. The lowest BCUT2D eigenvalue weighted by Crippen LogP contribution is -2.23. The first kappa shape index (κ1) is 13.5. The van der Waals surface area contributed by atoms with E-state index < -0.39 is 0 Å². The number of aromatic nitrogens is 2. The van der Waals surface area contributed by atoms with Gasteiger partial charge in [-0.1, -0.05) is 6.07 Å². The molecule has 0 spiro atoms. The van der Waals surface area contributed by atoms with E-state index in [2.05, 4.69) is 27.6 Å². The van der Waals surface area contributed by atoms with E-state index in [1.54, 1.807) is 11.3 Å². The molecule has 4 rings (SSSR count). The van der Waals surface area contributed by atoms with E-state index in [-0.39, 0.29) is 5.91 Å². The molecule has 0 aliphatic heterocycles. The van der Waals surface area contributed by atoms with E-state index in [9.17, 15) is 4.79 Å². The van der Waals surface area contributed by atoms with Crippen molar-refractivity contribution in [3.8, 4) is 0 Å². The maximum Gasteiger partial charge on any atom is 0.252 e. The molecule has 0 unspecified atom stereocenters. The summed E-state index contributed by atoms with van der Waals surface area (Å²) in [6.45, 7) is 2.56. The molecule has 5 heteroatoms. The van der Waals surface area contributed by atoms with E-state index in [0.717, 1.165) is 21.3 Å². The number of carbonyl (C=O) groups is 1. The van der Waals surface area contributed by atoms with Crippen LogP contribution in [0, 0.1) is 6.92 Å². The first-order chi connectivity index (χ1) is 10.7. The second kappa shape index (κ2) is 5.25. The minimum Gasteiger partial charge on any atom is -0.348 e. The standard InChI is InChI=1S/C17H17N3OS/c1-10-6-12(9-22-10)17(21)18-7-14-13(11-2-3-11)4-5-16-15(14)8-19-20-16/h4-6,8-9,11H,2-3,7H2,1H3,(H,18,21)(H,19,20). The zero-order valence-electron chi connectivity index (χ0n) is 12.3. The Morgan fingerprint density at radius 2 is 2.32 bits per heavy atom. The Hall–Kier alpha value is -2.14.